The van der Waals surface area contributed by atoms with Gasteiger partial charge in [0, 0.05) is 0 Å². The highest BCUT2D eigenvalue weighted by Crippen LogP contribution is 2.65. The van der Waals surface area contributed by atoms with Crippen LogP contribution in [0.2, 0.25) is 0 Å². The second-order valence-electron chi connectivity index (χ2n) is 11.2. The predicted octanol–water partition coefficient (Wildman–Crippen LogP) is 3.83. The number of aliphatic hydroxyl groups is 3. The van der Waals surface area contributed by atoms with E-state index in [1.54, 1.807) is 6.92 Å². The zero-order chi connectivity index (χ0) is 20.3. The summed E-state index contributed by atoms with van der Waals surface area (Å²) in [6.07, 6.45) is 9.85. The van der Waals surface area contributed by atoms with Crippen LogP contribution in [-0.4, -0.2) is 45.8 Å². The molecule has 0 aromatic rings. The number of hydrogen-bond acceptors (Lipinski definition) is 4. The SMILES string of the molecule is CC(O)C(O)CO[C@H]1CCC2C3CC=C4C[C@@](C)(O)CC[C@]4(C)C3CC[C@@]21C. The van der Waals surface area contributed by atoms with Gasteiger partial charge >= 0.3 is 0 Å². The second kappa shape index (κ2) is 7.08. The highest BCUT2D eigenvalue weighted by molar-refractivity contribution is 5.26. The lowest BCUT2D eigenvalue weighted by molar-refractivity contribution is -0.119. The molecule has 4 aliphatic carbocycles. The van der Waals surface area contributed by atoms with Crippen molar-refractivity contribution in [2.75, 3.05) is 6.61 Å². The van der Waals surface area contributed by atoms with Crippen LogP contribution in [0.1, 0.15) is 79.1 Å². The molecule has 4 aliphatic rings. The van der Waals surface area contributed by atoms with Crippen molar-refractivity contribution in [1.82, 2.24) is 0 Å². The van der Waals surface area contributed by atoms with Gasteiger partial charge in [0.1, 0.15) is 6.10 Å². The molecule has 0 spiro atoms. The number of fused-ring (bicyclic) bond motifs is 5. The number of allylic oxidation sites excluding steroid dienone is 1. The van der Waals surface area contributed by atoms with E-state index in [1.165, 1.54) is 24.8 Å². The Balaban J connectivity index is 1.51. The fraction of sp³-hybridized carbons (Fsp3) is 0.917. The van der Waals surface area contributed by atoms with Gasteiger partial charge < -0.3 is 20.1 Å². The summed E-state index contributed by atoms with van der Waals surface area (Å²) >= 11 is 0. The van der Waals surface area contributed by atoms with Crippen LogP contribution in [-0.2, 0) is 4.74 Å². The zero-order valence-corrected chi connectivity index (χ0v) is 18.2. The summed E-state index contributed by atoms with van der Waals surface area (Å²) in [5.74, 6) is 2.12. The average molecular weight is 393 g/mol. The van der Waals surface area contributed by atoms with E-state index >= 15 is 0 Å². The lowest BCUT2D eigenvalue weighted by Crippen LogP contribution is -2.52. The summed E-state index contributed by atoms with van der Waals surface area (Å²) in [7, 11) is 0. The number of ether oxygens (including phenoxy) is 1. The first-order valence-corrected chi connectivity index (χ1v) is 11.5. The minimum Gasteiger partial charge on any atom is -0.391 e. The van der Waals surface area contributed by atoms with Crippen LogP contribution in [0.25, 0.3) is 0 Å². The molecule has 28 heavy (non-hydrogen) atoms. The van der Waals surface area contributed by atoms with Crippen molar-refractivity contribution >= 4 is 0 Å². The van der Waals surface area contributed by atoms with E-state index in [0.717, 1.165) is 38.0 Å². The third kappa shape index (κ3) is 3.29. The largest absolute Gasteiger partial charge is 0.391 e. The molecule has 0 amide bonds. The van der Waals surface area contributed by atoms with E-state index in [9.17, 15) is 15.3 Å². The molecule has 3 fully saturated rings. The minimum absolute atomic E-state index is 0.182. The van der Waals surface area contributed by atoms with Crippen LogP contribution in [0.3, 0.4) is 0 Å². The van der Waals surface area contributed by atoms with Crippen molar-refractivity contribution in [1.29, 1.82) is 0 Å². The van der Waals surface area contributed by atoms with Crippen molar-refractivity contribution in [3.8, 4) is 0 Å². The predicted molar refractivity (Wildman–Crippen MR) is 110 cm³/mol. The Morgan fingerprint density at radius 1 is 1.07 bits per heavy atom. The Morgan fingerprint density at radius 3 is 2.54 bits per heavy atom. The molecular weight excluding hydrogens is 352 g/mol. The van der Waals surface area contributed by atoms with Gasteiger partial charge in [0.05, 0.1) is 24.4 Å². The van der Waals surface area contributed by atoms with Crippen molar-refractivity contribution in [3.63, 3.8) is 0 Å². The second-order valence-corrected chi connectivity index (χ2v) is 11.2. The van der Waals surface area contributed by atoms with E-state index < -0.39 is 17.8 Å². The summed E-state index contributed by atoms with van der Waals surface area (Å²) < 4.78 is 6.18. The first-order valence-electron chi connectivity index (χ1n) is 11.5. The fourth-order valence-corrected chi connectivity index (χ4v) is 7.38. The summed E-state index contributed by atoms with van der Waals surface area (Å²) in [6, 6.07) is 0. The molecular formula is C24H40O4. The van der Waals surface area contributed by atoms with E-state index in [0.29, 0.717) is 11.8 Å². The van der Waals surface area contributed by atoms with Gasteiger partial charge in [-0.05, 0) is 93.8 Å². The molecule has 4 heteroatoms. The minimum atomic E-state index is -0.798. The molecule has 5 unspecified atom stereocenters. The molecule has 0 radical (unpaired) electrons. The number of rotatable bonds is 4. The molecule has 0 aliphatic heterocycles. The van der Waals surface area contributed by atoms with Gasteiger partial charge in [0.2, 0.25) is 0 Å². The Hall–Kier alpha value is -0.420. The molecule has 3 N–H and O–H groups in total. The normalized spacial score (nSPS) is 50.2. The van der Waals surface area contributed by atoms with Gasteiger partial charge in [-0.2, -0.15) is 0 Å². The maximum absolute atomic E-state index is 10.6. The number of hydrogen-bond donors (Lipinski definition) is 3. The maximum atomic E-state index is 10.6. The molecule has 0 aromatic carbocycles. The maximum Gasteiger partial charge on any atom is 0.103 e. The van der Waals surface area contributed by atoms with E-state index in [2.05, 4.69) is 19.9 Å². The van der Waals surface area contributed by atoms with Crippen LogP contribution < -0.4 is 0 Å². The van der Waals surface area contributed by atoms with Crippen LogP contribution >= 0.6 is 0 Å². The third-order valence-electron chi connectivity index (χ3n) is 9.32. The van der Waals surface area contributed by atoms with Crippen molar-refractivity contribution in [2.24, 2.45) is 28.6 Å². The molecule has 3 saturated carbocycles. The summed E-state index contributed by atoms with van der Waals surface area (Å²) in [5.41, 5.74) is 1.42. The molecule has 0 aromatic heterocycles. The fourth-order valence-electron chi connectivity index (χ4n) is 7.38. The molecule has 9 atom stereocenters. The average Bonchev–Trinajstić information content (AvgIpc) is 2.96. The van der Waals surface area contributed by atoms with Crippen molar-refractivity contribution in [2.45, 2.75) is 103 Å². The van der Waals surface area contributed by atoms with Crippen molar-refractivity contribution in [3.05, 3.63) is 11.6 Å². The van der Waals surface area contributed by atoms with Crippen LogP contribution in [0.5, 0.6) is 0 Å². The van der Waals surface area contributed by atoms with Crippen LogP contribution in [0.15, 0.2) is 11.6 Å². The van der Waals surface area contributed by atoms with Gasteiger partial charge in [-0.1, -0.05) is 25.5 Å². The molecule has 4 nitrogen and oxygen atoms in total. The van der Waals surface area contributed by atoms with Gasteiger partial charge in [0.25, 0.3) is 0 Å². The van der Waals surface area contributed by atoms with E-state index in [-0.39, 0.29) is 23.5 Å². The first kappa shape index (κ1) is 20.8. The van der Waals surface area contributed by atoms with Gasteiger partial charge in [0.15, 0.2) is 0 Å². The first-order chi connectivity index (χ1) is 13.1. The van der Waals surface area contributed by atoms with Gasteiger partial charge in [-0.3, -0.25) is 0 Å². The Morgan fingerprint density at radius 2 is 1.82 bits per heavy atom. The van der Waals surface area contributed by atoms with Crippen LogP contribution in [0, 0.1) is 28.6 Å². The Kier molecular flexibility index (Phi) is 5.27. The number of aliphatic hydroxyl groups excluding tert-OH is 2. The molecule has 160 valence electrons. The lowest BCUT2D eigenvalue weighted by Gasteiger charge is -2.58. The topological polar surface area (TPSA) is 69.9 Å². The summed E-state index contributed by atoms with van der Waals surface area (Å²) in [6.45, 7) is 8.73. The summed E-state index contributed by atoms with van der Waals surface area (Å²) in [4.78, 5) is 0. The monoisotopic (exact) mass is 392 g/mol. The van der Waals surface area contributed by atoms with Gasteiger partial charge in [-0.25, -0.2) is 0 Å². The van der Waals surface area contributed by atoms with Gasteiger partial charge in [-0.15, -0.1) is 0 Å². The highest BCUT2D eigenvalue weighted by Gasteiger charge is 2.59. The van der Waals surface area contributed by atoms with Crippen molar-refractivity contribution < 1.29 is 20.1 Å². The molecule has 0 bridgehead atoms. The zero-order valence-electron chi connectivity index (χ0n) is 18.2. The molecule has 0 saturated heterocycles. The Bertz CT molecular complexity index is 626. The molecule has 0 heterocycles. The van der Waals surface area contributed by atoms with Crippen LogP contribution in [0.4, 0.5) is 0 Å². The lowest BCUT2D eigenvalue weighted by atomic mass is 9.47. The summed E-state index contributed by atoms with van der Waals surface area (Å²) in [5, 5.41) is 30.1. The quantitative estimate of drug-likeness (QED) is 0.636. The van der Waals surface area contributed by atoms with E-state index in [1.807, 2.05) is 6.92 Å². The highest BCUT2D eigenvalue weighted by atomic mass is 16.5. The Labute approximate surface area is 170 Å². The smallest absolute Gasteiger partial charge is 0.103 e. The standard InChI is InChI=1S/C24H40O4/c1-15(25)20(26)14-28-21-8-7-18-17-6-5-16-13-22(2,27)11-12-23(16,3)19(17)9-10-24(18,21)4/h5,15,17-21,25-27H,6-14H2,1-4H3/t15?,17?,18?,19?,20?,21-,22-,23-,24-/m0/s1. The molecule has 4 rings (SSSR count). The third-order valence-corrected chi connectivity index (χ3v) is 9.32. The van der Waals surface area contributed by atoms with E-state index in [4.69, 9.17) is 4.74 Å².